The van der Waals surface area contributed by atoms with E-state index in [1.807, 2.05) is 36.5 Å². The molecule has 3 rings (SSSR count). The summed E-state index contributed by atoms with van der Waals surface area (Å²) in [6.07, 6.45) is 3.60. The van der Waals surface area contributed by atoms with Crippen molar-refractivity contribution in [2.24, 2.45) is 0 Å². The number of nitrogens with zero attached hydrogens (tertiary/aromatic N) is 1. The number of hydrogen-bond acceptors (Lipinski definition) is 3. The molecule has 0 atom stereocenters. The normalized spacial score (nSPS) is 10.6. The third kappa shape index (κ3) is 2.62. The predicted molar refractivity (Wildman–Crippen MR) is 79.7 cm³/mol. The topological polar surface area (TPSA) is 33.1 Å². The average molecular weight is 288 g/mol. The second-order valence-corrected chi connectivity index (χ2v) is 5.83. The highest BCUT2D eigenvalue weighted by atomic mass is 35.5. The zero-order valence-corrected chi connectivity index (χ0v) is 11.4. The van der Waals surface area contributed by atoms with Crippen LogP contribution in [0.1, 0.15) is 0 Å². The van der Waals surface area contributed by atoms with Crippen molar-refractivity contribution >= 4 is 22.9 Å². The molecule has 19 heavy (non-hydrogen) atoms. The van der Waals surface area contributed by atoms with Crippen LogP contribution in [0.3, 0.4) is 0 Å². The predicted octanol–water partition coefficient (Wildman–Crippen LogP) is 4.84. The molecule has 0 saturated carbocycles. The fourth-order valence-electron chi connectivity index (χ4n) is 1.89. The molecule has 0 aliphatic carbocycles. The number of rotatable bonds is 2. The van der Waals surface area contributed by atoms with E-state index in [0.717, 1.165) is 25.9 Å². The van der Waals surface area contributed by atoms with Gasteiger partial charge in [-0.25, -0.2) is 0 Å². The molecule has 0 fully saturated rings. The molecule has 4 heteroatoms. The maximum absolute atomic E-state index is 9.53. The number of pyridine rings is 1. The lowest BCUT2D eigenvalue weighted by molar-refractivity contribution is 0.475. The second-order valence-electron chi connectivity index (χ2n) is 4.12. The Kier molecular flexibility index (Phi) is 3.23. The van der Waals surface area contributed by atoms with Crippen molar-refractivity contribution < 1.29 is 5.11 Å². The van der Waals surface area contributed by atoms with E-state index >= 15 is 0 Å². The first-order valence-electron chi connectivity index (χ1n) is 5.72. The fourth-order valence-corrected chi connectivity index (χ4v) is 2.91. The summed E-state index contributed by atoms with van der Waals surface area (Å²) < 4.78 is 0.762. The zero-order valence-electron chi connectivity index (χ0n) is 9.88. The van der Waals surface area contributed by atoms with E-state index < -0.39 is 0 Å². The van der Waals surface area contributed by atoms with E-state index in [1.165, 1.54) is 11.3 Å². The number of phenols is 1. The number of hydrogen-bond donors (Lipinski definition) is 1. The lowest BCUT2D eigenvalue weighted by Gasteiger charge is -2.04. The molecule has 3 aromatic rings. The average Bonchev–Trinajstić information content (AvgIpc) is 2.86. The highest BCUT2D eigenvalue weighted by molar-refractivity contribution is 7.19. The Balaban J connectivity index is 2.05. The van der Waals surface area contributed by atoms with Gasteiger partial charge in [0.05, 0.1) is 4.34 Å². The minimum Gasteiger partial charge on any atom is -0.508 e. The summed E-state index contributed by atoms with van der Waals surface area (Å²) in [6, 6.07) is 13.0. The Morgan fingerprint density at radius 1 is 0.947 bits per heavy atom. The van der Waals surface area contributed by atoms with Gasteiger partial charge in [0, 0.05) is 28.4 Å². The van der Waals surface area contributed by atoms with Gasteiger partial charge >= 0.3 is 0 Å². The van der Waals surface area contributed by atoms with Gasteiger partial charge in [0.25, 0.3) is 0 Å². The molecule has 2 heterocycles. The van der Waals surface area contributed by atoms with Crippen LogP contribution in [-0.2, 0) is 0 Å². The van der Waals surface area contributed by atoms with Crippen molar-refractivity contribution in [2.75, 3.05) is 0 Å². The quantitative estimate of drug-likeness (QED) is 0.732. The van der Waals surface area contributed by atoms with Crippen molar-refractivity contribution in [3.8, 4) is 27.3 Å². The summed E-state index contributed by atoms with van der Waals surface area (Å²) in [5.74, 6) is 0.252. The number of aromatic hydroxyl groups is 1. The molecule has 2 aromatic heterocycles. The van der Waals surface area contributed by atoms with Crippen LogP contribution in [0.25, 0.3) is 21.6 Å². The van der Waals surface area contributed by atoms with Crippen LogP contribution in [0.15, 0.2) is 54.9 Å². The molecule has 0 aliphatic rings. The van der Waals surface area contributed by atoms with Crippen LogP contribution >= 0.6 is 22.9 Å². The number of phenolic OH excluding ortho intramolecular Hbond substituents is 1. The van der Waals surface area contributed by atoms with E-state index in [0.29, 0.717) is 0 Å². The number of benzene rings is 1. The van der Waals surface area contributed by atoms with E-state index in [4.69, 9.17) is 11.6 Å². The number of aromatic nitrogens is 1. The van der Waals surface area contributed by atoms with Crippen molar-refractivity contribution in [1.82, 2.24) is 4.98 Å². The van der Waals surface area contributed by atoms with E-state index in [2.05, 4.69) is 4.98 Å². The standard InChI is InChI=1S/C15H10ClNOS/c16-15-5-4-14(19-15)12-6-11(8-17-9-12)10-2-1-3-13(18)7-10/h1-9,18H. The third-order valence-corrected chi connectivity index (χ3v) is 4.06. The molecule has 1 aromatic carbocycles. The van der Waals surface area contributed by atoms with Crippen LogP contribution in [0.2, 0.25) is 4.34 Å². The molecule has 0 spiro atoms. The molecular formula is C15H10ClNOS. The van der Waals surface area contributed by atoms with Crippen LogP contribution in [0.5, 0.6) is 5.75 Å². The summed E-state index contributed by atoms with van der Waals surface area (Å²) in [5, 5.41) is 9.53. The van der Waals surface area contributed by atoms with Crippen LogP contribution < -0.4 is 0 Å². The summed E-state index contributed by atoms with van der Waals surface area (Å²) in [5.41, 5.74) is 2.94. The number of halogens is 1. The highest BCUT2D eigenvalue weighted by Crippen LogP contribution is 2.33. The maximum atomic E-state index is 9.53. The Hall–Kier alpha value is -1.84. The number of thiophene rings is 1. The van der Waals surface area contributed by atoms with Crippen LogP contribution in [-0.4, -0.2) is 10.1 Å². The third-order valence-electron chi connectivity index (χ3n) is 2.78. The van der Waals surface area contributed by atoms with Gasteiger partial charge in [-0.05, 0) is 35.9 Å². The van der Waals surface area contributed by atoms with Crippen LogP contribution in [0.4, 0.5) is 0 Å². The SMILES string of the molecule is Oc1cccc(-c2cncc(-c3ccc(Cl)s3)c2)c1. The molecule has 0 saturated heterocycles. The molecular weight excluding hydrogens is 278 g/mol. The molecule has 0 radical (unpaired) electrons. The lowest BCUT2D eigenvalue weighted by Crippen LogP contribution is -1.82. The summed E-state index contributed by atoms with van der Waals surface area (Å²) >= 11 is 7.48. The van der Waals surface area contributed by atoms with Crippen molar-refractivity contribution in [3.63, 3.8) is 0 Å². The second kappa shape index (κ2) is 5.03. The van der Waals surface area contributed by atoms with E-state index in [9.17, 15) is 5.11 Å². The summed E-state index contributed by atoms with van der Waals surface area (Å²) in [7, 11) is 0. The van der Waals surface area contributed by atoms with Gasteiger partial charge < -0.3 is 5.11 Å². The van der Waals surface area contributed by atoms with Gasteiger partial charge in [0.1, 0.15) is 5.75 Å². The largest absolute Gasteiger partial charge is 0.508 e. The van der Waals surface area contributed by atoms with Gasteiger partial charge in [-0.15, -0.1) is 11.3 Å². The molecule has 0 unspecified atom stereocenters. The van der Waals surface area contributed by atoms with Crippen molar-refractivity contribution in [3.05, 3.63) is 59.2 Å². The van der Waals surface area contributed by atoms with Gasteiger partial charge in [0.15, 0.2) is 0 Å². The Bertz CT molecular complexity index is 723. The summed E-state index contributed by atoms with van der Waals surface area (Å²) in [4.78, 5) is 5.34. The van der Waals surface area contributed by atoms with Gasteiger partial charge in [-0.2, -0.15) is 0 Å². The first-order chi connectivity index (χ1) is 9.22. The fraction of sp³-hybridized carbons (Fsp3) is 0. The monoisotopic (exact) mass is 287 g/mol. The molecule has 0 amide bonds. The molecule has 0 bridgehead atoms. The highest BCUT2D eigenvalue weighted by Gasteiger charge is 2.05. The maximum Gasteiger partial charge on any atom is 0.116 e. The van der Waals surface area contributed by atoms with Crippen LogP contribution in [0, 0.1) is 0 Å². The first-order valence-corrected chi connectivity index (χ1v) is 6.92. The van der Waals surface area contributed by atoms with E-state index in [1.54, 1.807) is 18.3 Å². The Morgan fingerprint density at radius 3 is 2.53 bits per heavy atom. The van der Waals surface area contributed by atoms with Crippen molar-refractivity contribution in [2.45, 2.75) is 0 Å². The summed E-state index contributed by atoms with van der Waals surface area (Å²) in [6.45, 7) is 0. The minimum absolute atomic E-state index is 0.252. The molecule has 94 valence electrons. The molecule has 0 aliphatic heterocycles. The molecule has 2 nitrogen and oxygen atoms in total. The Morgan fingerprint density at radius 2 is 1.79 bits per heavy atom. The zero-order chi connectivity index (χ0) is 13.2. The first kappa shape index (κ1) is 12.2. The van der Waals surface area contributed by atoms with Gasteiger partial charge in [-0.1, -0.05) is 23.7 Å². The van der Waals surface area contributed by atoms with Gasteiger partial charge in [0.2, 0.25) is 0 Å². The Labute approximate surface area is 120 Å². The minimum atomic E-state index is 0.252. The molecule has 1 N–H and O–H groups in total. The van der Waals surface area contributed by atoms with E-state index in [-0.39, 0.29) is 5.75 Å². The van der Waals surface area contributed by atoms with Crippen molar-refractivity contribution in [1.29, 1.82) is 0 Å². The van der Waals surface area contributed by atoms with Gasteiger partial charge in [-0.3, -0.25) is 4.98 Å². The smallest absolute Gasteiger partial charge is 0.116 e. The lowest BCUT2D eigenvalue weighted by atomic mass is 10.1.